The van der Waals surface area contributed by atoms with Crippen LogP contribution in [0.5, 0.6) is 5.75 Å². The van der Waals surface area contributed by atoms with Crippen LogP contribution in [0.15, 0.2) is 121 Å². The highest BCUT2D eigenvalue weighted by Crippen LogP contribution is 2.33. The molecule has 0 spiro atoms. The lowest BCUT2D eigenvalue weighted by Crippen LogP contribution is -2.55. The molecule has 0 radical (unpaired) electrons. The van der Waals surface area contributed by atoms with Gasteiger partial charge in [0, 0.05) is 43.6 Å². The van der Waals surface area contributed by atoms with Gasteiger partial charge < -0.3 is 18.9 Å². The molecule has 1 atom stereocenters. The number of aromatic nitrogens is 1. The zero-order valence-corrected chi connectivity index (χ0v) is 27.0. The Labute approximate surface area is 277 Å². The third-order valence-corrected chi connectivity index (χ3v) is 8.61. The number of para-hydroxylation sites is 1. The Balaban J connectivity index is 1.30. The van der Waals surface area contributed by atoms with Crippen molar-refractivity contribution in [1.29, 1.82) is 0 Å². The minimum Gasteiger partial charge on any atom is -0.482 e. The summed E-state index contributed by atoms with van der Waals surface area (Å²) >= 11 is 0. The molecule has 1 aliphatic rings. The molecule has 1 aliphatic heterocycles. The number of esters is 1. The summed E-state index contributed by atoms with van der Waals surface area (Å²) in [5, 5.41) is 0. The molecular weight excluding hydrogens is 586 g/mol. The van der Waals surface area contributed by atoms with Crippen LogP contribution in [0.2, 0.25) is 0 Å². The van der Waals surface area contributed by atoms with E-state index in [2.05, 4.69) is 69.8 Å². The van der Waals surface area contributed by atoms with Crippen LogP contribution in [0.3, 0.4) is 0 Å². The van der Waals surface area contributed by atoms with Crippen molar-refractivity contribution in [2.45, 2.75) is 32.9 Å². The Morgan fingerprint density at radius 1 is 0.787 bits per heavy atom. The van der Waals surface area contributed by atoms with Crippen LogP contribution in [-0.4, -0.2) is 65.1 Å². The third-order valence-electron chi connectivity index (χ3n) is 8.61. The summed E-state index contributed by atoms with van der Waals surface area (Å²) in [6, 6.07) is 40.7. The van der Waals surface area contributed by atoms with Gasteiger partial charge in [-0.3, -0.25) is 9.69 Å². The Morgan fingerprint density at radius 2 is 1.45 bits per heavy atom. The fourth-order valence-corrected chi connectivity index (χ4v) is 6.43. The predicted molar refractivity (Wildman–Crippen MR) is 185 cm³/mol. The molecule has 2 heterocycles. The smallest absolute Gasteiger partial charge is 0.344 e. The Hall–Kier alpha value is -5.14. The number of carbonyl (C=O) groups is 2. The number of aryl methyl sites for hydroxylation is 1. The van der Waals surface area contributed by atoms with Crippen molar-refractivity contribution in [3.63, 3.8) is 0 Å². The number of amides is 1. The fourth-order valence-electron chi connectivity index (χ4n) is 6.43. The van der Waals surface area contributed by atoms with E-state index in [1.54, 1.807) is 6.92 Å². The highest BCUT2D eigenvalue weighted by atomic mass is 16.6. The first-order valence-electron chi connectivity index (χ1n) is 16.3. The molecule has 1 aromatic heterocycles. The van der Waals surface area contributed by atoms with Gasteiger partial charge in [-0.05, 0) is 67.3 Å². The van der Waals surface area contributed by atoms with Crippen molar-refractivity contribution in [1.82, 2.24) is 14.4 Å². The molecule has 4 aromatic carbocycles. The van der Waals surface area contributed by atoms with Crippen molar-refractivity contribution in [3.8, 4) is 22.7 Å². The van der Waals surface area contributed by atoms with Gasteiger partial charge in [-0.1, -0.05) is 91.0 Å². The summed E-state index contributed by atoms with van der Waals surface area (Å²) in [5.74, 6) is 0.257. The number of rotatable bonds is 11. The molecule has 1 amide bonds. The maximum absolute atomic E-state index is 14.7. The summed E-state index contributed by atoms with van der Waals surface area (Å²) < 4.78 is 12.8. The molecule has 0 N–H and O–H groups in total. The van der Waals surface area contributed by atoms with E-state index in [1.807, 2.05) is 72.8 Å². The molecule has 5 aromatic rings. The third kappa shape index (κ3) is 7.64. The highest BCUT2D eigenvalue weighted by molar-refractivity contribution is 6.01. The molecule has 6 rings (SSSR count). The highest BCUT2D eigenvalue weighted by Gasteiger charge is 2.34. The van der Waals surface area contributed by atoms with E-state index in [0.29, 0.717) is 30.9 Å². The second-order valence-corrected chi connectivity index (χ2v) is 11.9. The van der Waals surface area contributed by atoms with Gasteiger partial charge in [-0.15, -0.1) is 0 Å². The molecule has 7 nitrogen and oxygen atoms in total. The maximum Gasteiger partial charge on any atom is 0.344 e. The zero-order valence-electron chi connectivity index (χ0n) is 27.0. The Kier molecular flexibility index (Phi) is 10.1. The van der Waals surface area contributed by atoms with Gasteiger partial charge in [0.05, 0.1) is 17.9 Å². The fraction of sp³-hybridized carbons (Fsp3) is 0.250. The molecule has 7 heteroatoms. The number of hydrogen-bond acceptors (Lipinski definition) is 5. The van der Waals surface area contributed by atoms with Gasteiger partial charge >= 0.3 is 5.97 Å². The number of carbonyl (C=O) groups excluding carboxylic acids is 2. The number of benzene rings is 4. The molecule has 240 valence electrons. The van der Waals surface area contributed by atoms with Crippen molar-refractivity contribution in [2.75, 3.05) is 32.8 Å². The van der Waals surface area contributed by atoms with Gasteiger partial charge in [0.15, 0.2) is 6.61 Å². The molecule has 0 saturated carbocycles. The Morgan fingerprint density at radius 3 is 2.13 bits per heavy atom. The topological polar surface area (TPSA) is 64.0 Å². The predicted octanol–water partition coefficient (Wildman–Crippen LogP) is 6.96. The van der Waals surface area contributed by atoms with Crippen LogP contribution >= 0.6 is 0 Å². The quantitative estimate of drug-likeness (QED) is 0.148. The zero-order chi connectivity index (χ0) is 32.6. The number of hydrogen-bond donors (Lipinski definition) is 0. The van der Waals surface area contributed by atoms with E-state index in [-0.39, 0.29) is 18.6 Å². The second-order valence-electron chi connectivity index (χ2n) is 11.9. The molecule has 1 saturated heterocycles. The molecule has 47 heavy (non-hydrogen) atoms. The lowest BCUT2D eigenvalue weighted by atomic mass is 9.99. The molecule has 1 fully saturated rings. The minimum absolute atomic E-state index is 0.0420. The van der Waals surface area contributed by atoms with Gasteiger partial charge in [-0.25, -0.2) is 4.79 Å². The van der Waals surface area contributed by atoms with E-state index in [1.165, 1.54) is 5.56 Å². The first-order valence-corrected chi connectivity index (χ1v) is 16.3. The first-order chi connectivity index (χ1) is 23.0. The average Bonchev–Trinajstić information content (AvgIpc) is 3.46. The summed E-state index contributed by atoms with van der Waals surface area (Å²) in [7, 11) is 0. The summed E-state index contributed by atoms with van der Waals surface area (Å²) in [6.07, 6.45) is 0.689. The van der Waals surface area contributed by atoms with E-state index < -0.39 is 5.97 Å². The van der Waals surface area contributed by atoms with Crippen LogP contribution in [0.4, 0.5) is 0 Å². The van der Waals surface area contributed by atoms with Crippen LogP contribution < -0.4 is 4.74 Å². The van der Waals surface area contributed by atoms with Gasteiger partial charge in [0.1, 0.15) is 5.75 Å². The van der Waals surface area contributed by atoms with Crippen molar-refractivity contribution < 1.29 is 19.1 Å². The minimum atomic E-state index is -0.391. The summed E-state index contributed by atoms with van der Waals surface area (Å²) in [4.78, 5) is 31.0. The summed E-state index contributed by atoms with van der Waals surface area (Å²) in [6.45, 7) is 7.03. The number of piperazine rings is 1. The van der Waals surface area contributed by atoms with Crippen LogP contribution in [0, 0.1) is 6.92 Å². The maximum atomic E-state index is 14.7. The average molecular weight is 628 g/mol. The van der Waals surface area contributed by atoms with E-state index in [0.717, 1.165) is 47.8 Å². The van der Waals surface area contributed by atoms with E-state index >= 15 is 0 Å². The van der Waals surface area contributed by atoms with Crippen molar-refractivity contribution in [2.24, 2.45) is 0 Å². The lowest BCUT2D eigenvalue weighted by molar-refractivity contribution is -0.145. The first kappa shape index (κ1) is 31.8. The molecular formula is C40H41N3O4. The monoisotopic (exact) mass is 627 g/mol. The van der Waals surface area contributed by atoms with Gasteiger partial charge in [0.25, 0.3) is 5.91 Å². The SMILES string of the molecule is CCOC(=O)COc1ccc(C[C@@H]2CN(Cc3ccccc3)CCN2C(=O)c2cc(C)n(-c3ccccc3)c2-c2ccccc2)cc1. The van der Waals surface area contributed by atoms with Crippen molar-refractivity contribution >= 4 is 11.9 Å². The molecule has 0 aliphatic carbocycles. The van der Waals surface area contributed by atoms with Gasteiger partial charge in [0.2, 0.25) is 0 Å². The summed E-state index contributed by atoms with van der Waals surface area (Å²) in [5.41, 5.74) is 7.02. The largest absolute Gasteiger partial charge is 0.482 e. The van der Waals surface area contributed by atoms with Crippen molar-refractivity contribution in [3.05, 3.63) is 144 Å². The normalized spacial score (nSPS) is 14.9. The number of nitrogens with zero attached hydrogens (tertiary/aromatic N) is 3. The molecule has 0 bridgehead atoms. The van der Waals surface area contributed by atoms with E-state index in [9.17, 15) is 9.59 Å². The lowest BCUT2D eigenvalue weighted by Gasteiger charge is -2.42. The van der Waals surface area contributed by atoms with Gasteiger partial charge in [-0.2, -0.15) is 0 Å². The van der Waals surface area contributed by atoms with E-state index in [4.69, 9.17) is 9.47 Å². The number of ether oxygens (including phenoxy) is 2. The second kappa shape index (κ2) is 15.0. The Bertz CT molecular complexity index is 1770. The standard InChI is InChI=1S/C40H41N3O4/c1-3-46-38(44)29-47-36-21-19-31(20-22-36)26-35-28-41(27-32-13-7-4-8-14-32)23-24-42(35)40(45)37-25-30(2)43(34-17-11-6-12-18-34)39(37)33-15-9-5-10-16-33/h4-22,25,35H,3,23-24,26-29H2,1-2H3/t35-/m1/s1. The van der Waals surface area contributed by atoms with Crippen LogP contribution in [0.25, 0.3) is 16.9 Å². The molecule has 0 unspecified atom stereocenters. The van der Waals surface area contributed by atoms with Crippen LogP contribution in [-0.2, 0) is 22.5 Å². The van der Waals surface area contributed by atoms with Crippen LogP contribution in [0.1, 0.15) is 34.1 Å².